The summed E-state index contributed by atoms with van der Waals surface area (Å²) in [5, 5.41) is 9.77. The molecule has 3 atom stereocenters. The Morgan fingerprint density at radius 2 is 2.06 bits per heavy atom. The second kappa shape index (κ2) is 11.8. The number of aliphatic hydroxyl groups is 1. The number of benzene rings is 1. The molecule has 8 nitrogen and oxygen atoms in total. The van der Waals surface area contributed by atoms with Crippen molar-refractivity contribution < 1.29 is 30.0 Å². The maximum absolute atomic E-state index is 13.4. The molecule has 0 fully saturated rings. The van der Waals surface area contributed by atoms with Crippen molar-refractivity contribution in [3.05, 3.63) is 59.0 Å². The van der Waals surface area contributed by atoms with Crippen LogP contribution in [0.4, 0.5) is 4.39 Å². The van der Waals surface area contributed by atoms with E-state index >= 15 is 0 Å². The van der Waals surface area contributed by atoms with Crippen LogP contribution in [0.5, 0.6) is 5.88 Å². The summed E-state index contributed by atoms with van der Waals surface area (Å²) in [5.41, 5.74) is 1.33. The molecule has 0 radical (unpaired) electrons. The highest BCUT2D eigenvalue weighted by Crippen LogP contribution is 2.27. The zero-order valence-corrected chi connectivity index (χ0v) is 20.3. The third-order valence-electron chi connectivity index (χ3n) is 5.86. The second-order valence-electron chi connectivity index (χ2n) is 8.66. The minimum atomic E-state index is -0.454. The van der Waals surface area contributed by atoms with Crippen LogP contribution in [0.3, 0.4) is 0 Å². The number of aromatic nitrogens is 1. The van der Waals surface area contributed by atoms with Crippen molar-refractivity contribution in [2.24, 2.45) is 5.92 Å². The SMILES string of the molecule is COCC(=O)N(C)C[C@@H]1Oc2ncc(C#Cc3ccc(F)cc3)cc2C(=O)N([C@H](C)CO)C[C@@H]1C.[HH]. The van der Waals surface area contributed by atoms with Crippen LogP contribution in [0.2, 0.25) is 0 Å². The fraction of sp³-hybridized carbons (Fsp3) is 0.423. The van der Waals surface area contributed by atoms with Crippen LogP contribution in [0.25, 0.3) is 0 Å². The van der Waals surface area contributed by atoms with E-state index in [1.54, 1.807) is 37.1 Å². The molecule has 0 bridgehead atoms. The van der Waals surface area contributed by atoms with Crippen LogP contribution in [-0.4, -0.2) is 84.3 Å². The summed E-state index contributed by atoms with van der Waals surface area (Å²) in [5.74, 6) is 5.00. The summed E-state index contributed by atoms with van der Waals surface area (Å²) in [6, 6.07) is 6.95. The molecule has 1 aromatic heterocycles. The molecular weight excluding hydrogens is 453 g/mol. The highest BCUT2D eigenvalue weighted by molar-refractivity contribution is 5.97. The third kappa shape index (κ3) is 6.56. The van der Waals surface area contributed by atoms with Gasteiger partial charge in [-0.05, 0) is 37.3 Å². The first-order valence-corrected chi connectivity index (χ1v) is 11.3. The summed E-state index contributed by atoms with van der Waals surface area (Å²) in [4.78, 5) is 33.2. The molecule has 188 valence electrons. The van der Waals surface area contributed by atoms with Gasteiger partial charge in [0.15, 0.2) is 0 Å². The molecule has 1 aliphatic heterocycles. The number of pyridine rings is 1. The van der Waals surface area contributed by atoms with Gasteiger partial charge in [0.25, 0.3) is 5.91 Å². The number of amides is 2. The number of ether oxygens (including phenoxy) is 2. The Balaban J connectivity index is 0.00000456. The van der Waals surface area contributed by atoms with E-state index in [-0.39, 0.29) is 56.2 Å². The number of hydrogen-bond donors (Lipinski definition) is 1. The molecule has 0 aliphatic carbocycles. The lowest BCUT2D eigenvalue weighted by Crippen LogP contribution is -2.50. The topological polar surface area (TPSA) is 92.2 Å². The Bertz CT molecular complexity index is 1120. The van der Waals surface area contributed by atoms with E-state index in [4.69, 9.17) is 9.47 Å². The van der Waals surface area contributed by atoms with Gasteiger partial charge in [-0.1, -0.05) is 18.8 Å². The number of nitrogens with zero attached hydrogens (tertiary/aromatic N) is 3. The number of methoxy groups -OCH3 is 1. The van der Waals surface area contributed by atoms with Gasteiger partial charge in [-0.15, -0.1) is 0 Å². The third-order valence-corrected chi connectivity index (χ3v) is 5.86. The molecule has 1 aliphatic rings. The van der Waals surface area contributed by atoms with Gasteiger partial charge >= 0.3 is 0 Å². The van der Waals surface area contributed by atoms with E-state index in [2.05, 4.69) is 16.8 Å². The number of carbonyl (C=O) groups excluding carboxylic acids is 2. The number of hydrogen-bond acceptors (Lipinski definition) is 6. The predicted octanol–water partition coefficient (Wildman–Crippen LogP) is 2.19. The van der Waals surface area contributed by atoms with Gasteiger partial charge in [0, 0.05) is 45.4 Å². The predicted molar refractivity (Wildman–Crippen MR) is 129 cm³/mol. The smallest absolute Gasteiger partial charge is 0.259 e. The average molecular weight is 486 g/mol. The lowest BCUT2D eigenvalue weighted by Gasteiger charge is -2.37. The van der Waals surface area contributed by atoms with Crippen LogP contribution in [-0.2, 0) is 9.53 Å². The molecule has 2 heterocycles. The standard InChI is InChI=1S/C26H30FN3O5.H2/c1-17-13-30(18(2)15-31)26(33)22-11-20(6-5-19-7-9-21(27)10-8-19)12-28-25(22)35-23(17)14-29(3)24(32)16-34-4;/h7-12,17-18,23,31H,13-16H2,1-4H3;1H/t17-,18+,23-;/m0./s1. The summed E-state index contributed by atoms with van der Waals surface area (Å²) in [7, 11) is 3.12. The Hall–Kier alpha value is -3.48. The monoisotopic (exact) mass is 485 g/mol. The molecule has 0 saturated carbocycles. The minimum absolute atomic E-state index is 0. The summed E-state index contributed by atoms with van der Waals surface area (Å²) < 4.78 is 24.2. The number of carbonyl (C=O) groups is 2. The van der Waals surface area contributed by atoms with Crippen molar-refractivity contribution in [1.29, 1.82) is 0 Å². The molecule has 3 rings (SSSR count). The normalized spacial score (nSPS) is 18.3. The molecule has 9 heteroatoms. The van der Waals surface area contributed by atoms with Gasteiger partial charge in [0.1, 0.15) is 24.1 Å². The van der Waals surface area contributed by atoms with Crippen molar-refractivity contribution >= 4 is 11.8 Å². The lowest BCUT2D eigenvalue weighted by atomic mass is 10.00. The second-order valence-corrected chi connectivity index (χ2v) is 8.66. The molecular formula is C26H32FN3O5. The molecule has 1 aromatic carbocycles. The van der Waals surface area contributed by atoms with E-state index in [1.165, 1.54) is 30.3 Å². The highest BCUT2D eigenvalue weighted by Gasteiger charge is 2.34. The molecule has 0 saturated heterocycles. The fourth-order valence-corrected chi connectivity index (χ4v) is 3.67. The lowest BCUT2D eigenvalue weighted by molar-refractivity contribution is -0.135. The Labute approximate surface area is 206 Å². The van der Waals surface area contributed by atoms with Crippen LogP contribution < -0.4 is 4.74 Å². The van der Waals surface area contributed by atoms with Crippen molar-refractivity contribution in [3.63, 3.8) is 0 Å². The highest BCUT2D eigenvalue weighted by atomic mass is 19.1. The maximum atomic E-state index is 13.4. The number of halogens is 1. The summed E-state index contributed by atoms with van der Waals surface area (Å²) in [6.45, 7) is 4.03. The van der Waals surface area contributed by atoms with Crippen LogP contribution in [0.15, 0.2) is 36.5 Å². The van der Waals surface area contributed by atoms with Gasteiger partial charge in [-0.3, -0.25) is 9.59 Å². The van der Waals surface area contributed by atoms with Gasteiger partial charge in [-0.25, -0.2) is 9.37 Å². The number of likely N-dealkylation sites (N-methyl/N-ethyl adjacent to an activating group) is 1. The van der Waals surface area contributed by atoms with Gasteiger partial charge < -0.3 is 24.4 Å². The minimum Gasteiger partial charge on any atom is -0.472 e. The van der Waals surface area contributed by atoms with E-state index in [0.717, 1.165) is 0 Å². The average Bonchev–Trinajstić information content (AvgIpc) is 2.85. The van der Waals surface area contributed by atoms with Gasteiger partial charge in [0.05, 0.1) is 19.2 Å². The van der Waals surface area contributed by atoms with E-state index in [9.17, 15) is 19.1 Å². The fourth-order valence-electron chi connectivity index (χ4n) is 3.67. The molecule has 1 N–H and O–H groups in total. The molecule has 35 heavy (non-hydrogen) atoms. The summed E-state index contributed by atoms with van der Waals surface area (Å²) in [6.07, 6.45) is 1.05. The van der Waals surface area contributed by atoms with Crippen LogP contribution >= 0.6 is 0 Å². The van der Waals surface area contributed by atoms with Gasteiger partial charge in [0.2, 0.25) is 11.8 Å². The van der Waals surface area contributed by atoms with E-state index in [1.807, 2.05) is 6.92 Å². The number of rotatable bonds is 6. The first-order chi connectivity index (χ1) is 16.7. The van der Waals surface area contributed by atoms with Crippen molar-refractivity contribution in [2.75, 3.05) is 40.5 Å². The Kier molecular flexibility index (Phi) is 8.79. The van der Waals surface area contributed by atoms with Crippen molar-refractivity contribution in [2.45, 2.75) is 26.0 Å². The van der Waals surface area contributed by atoms with Crippen molar-refractivity contribution in [1.82, 2.24) is 14.8 Å². The zero-order valence-electron chi connectivity index (χ0n) is 20.3. The zero-order chi connectivity index (χ0) is 25.5. The molecule has 2 aromatic rings. The maximum Gasteiger partial charge on any atom is 0.259 e. The number of fused-ring (bicyclic) bond motifs is 1. The van der Waals surface area contributed by atoms with Crippen LogP contribution in [0, 0.1) is 23.6 Å². The van der Waals surface area contributed by atoms with E-state index < -0.39 is 12.1 Å². The van der Waals surface area contributed by atoms with Crippen LogP contribution in [0.1, 0.15) is 36.8 Å². The molecule has 0 unspecified atom stereocenters. The van der Waals surface area contributed by atoms with E-state index in [0.29, 0.717) is 17.7 Å². The number of aliphatic hydroxyl groups excluding tert-OH is 1. The van der Waals surface area contributed by atoms with Crippen molar-refractivity contribution in [3.8, 4) is 17.7 Å². The van der Waals surface area contributed by atoms with Gasteiger partial charge in [-0.2, -0.15) is 0 Å². The quantitative estimate of drug-likeness (QED) is 0.631. The largest absolute Gasteiger partial charge is 0.472 e. The first-order valence-electron chi connectivity index (χ1n) is 11.3. The first kappa shape index (κ1) is 26.1. The Morgan fingerprint density at radius 3 is 2.71 bits per heavy atom. The molecule has 0 spiro atoms. The summed E-state index contributed by atoms with van der Waals surface area (Å²) >= 11 is 0. The molecule has 2 amide bonds. The Morgan fingerprint density at radius 1 is 1.37 bits per heavy atom.